The maximum atomic E-state index is 12.2. The van der Waals surface area contributed by atoms with Crippen LogP contribution in [0.4, 0.5) is 22.1 Å². The Balaban J connectivity index is 1.66. The van der Waals surface area contributed by atoms with Gasteiger partial charge in [0, 0.05) is 17.9 Å². The van der Waals surface area contributed by atoms with E-state index in [1.165, 1.54) is 12.4 Å². The number of carbonyl (C=O) groups excluding carboxylic acids is 1. The van der Waals surface area contributed by atoms with Gasteiger partial charge in [-0.3, -0.25) is 5.32 Å². The summed E-state index contributed by atoms with van der Waals surface area (Å²) < 4.78 is 5.75. The normalized spacial score (nSPS) is 22.1. The van der Waals surface area contributed by atoms with Crippen molar-refractivity contribution in [3.8, 4) is 5.75 Å². The molecule has 0 aliphatic carbocycles. The third-order valence-electron chi connectivity index (χ3n) is 4.25. The number of hydrogen-bond acceptors (Lipinski definition) is 6. The molecule has 9 nitrogen and oxygen atoms in total. The van der Waals surface area contributed by atoms with Crippen LogP contribution in [0.1, 0.15) is 12.8 Å². The highest BCUT2D eigenvalue weighted by atomic mass is 35.5. The minimum absolute atomic E-state index is 0.0853. The highest BCUT2D eigenvalue weighted by Gasteiger charge is 2.25. The summed E-state index contributed by atoms with van der Waals surface area (Å²) in [5.74, 6) is 1.00. The van der Waals surface area contributed by atoms with Gasteiger partial charge < -0.3 is 25.6 Å². The summed E-state index contributed by atoms with van der Waals surface area (Å²) in [5, 5.41) is 17.7. The van der Waals surface area contributed by atoms with E-state index in [9.17, 15) is 10.0 Å². The van der Waals surface area contributed by atoms with Gasteiger partial charge in [0.25, 0.3) is 0 Å². The Kier molecular flexibility index (Phi) is 5.64. The van der Waals surface area contributed by atoms with E-state index in [1.807, 2.05) is 0 Å². The summed E-state index contributed by atoms with van der Waals surface area (Å²) in [4.78, 5) is 20.1. The molecule has 2 heterocycles. The summed E-state index contributed by atoms with van der Waals surface area (Å²) in [6.07, 6.45) is 3.90. The molecule has 144 valence electrons. The van der Waals surface area contributed by atoms with Crippen LogP contribution in [0, 0.1) is 5.21 Å². The van der Waals surface area contributed by atoms with Crippen molar-refractivity contribution in [2.24, 2.45) is 0 Å². The summed E-state index contributed by atoms with van der Waals surface area (Å²) in [6, 6.07) is 4.46. The fourth-order valence-electron chi connectivity index (χ4n) is 2.76. The standard InChI is InChI=1S/C17H21ClN6O3/c1-24(26)6-4-12(5-7-24)27-14-3-2-11(18)8-13(14)22-17(25)23-16-10-20-15(19)9-21-16/h2-3,8-10,12H,4-7H2,1H3,(H2,19,20)(H2,21,22,23,25). The predicted octanol–water partition coefficient (Wildman–Crippen LogP) is 2.84. The molecule has 27 heavy (non-hydrogen) atoms. The second-order valence-corrected chi connectivity index (χ2v) is 7.04. The lowest BCUT2D eigenvalue weighted by Gasteiger charge is -2.43. The molecule has 2 amide bonds. The number of anilines is 3. The number of hydroxylamine groups is 3. The van der Waals surface area contributed by atoms with Crippen LogP contribution in [0.5, 0.6) is 5.75 Å². The quantitative estimate of drug-likeness (QED) is 0.542. The number of urea groups is 1. The summed E-state index contributed by atoms with van der Waals surface area (Å²) >= 11 is 6.05. The smallest absolute Gasteiger partial charge is 0.325 e. The zero-order valence-electron chi connectivity index (χ0n) is 14.8. The number of nitrogens with two attached hydrogens (primary N) is 1. The van der Waals surface area contributed by atoms with Crippen LogP contribution in [0.3, 0.4) is 0 Å². The largest absolute Gasteiger partial charge is 0.633 e. The zero-order valence-corrected chi connectivity index (χ0v) is 15.6. The number of amides is 2. The first-order chi connectivity index (χ1) is 12.8. The molecule has 1 aromatic heterocycles. The fraction of sp³-hybridized carbons (Fsp3) is 0.353. The summed E-state index contributed by atoms with van der Waals surface area (Å²) in [5.41, 5.74) is 5.89. The molecule has 3 rings (SSSR count). The Morgan fingerprint density at radius 2 is 2.04 bits per heavy atom. The van der Waals surface area contributed by atoms with Gasteiger partial charge in [-0.2, -0.15) is 0 Å². The van der Waals surface area contributed by atoms with E-state index < -0.39 is 6.03 Å². The van der Waals surface area contributed by atoms with Crippen molar-refractivity contribution in [1.29, 1.82) is 0 Å². The second kappa shape index (κ2) is 7.95. The number of likely N-dealkylation sites (tertiary alicyclic amines) is 1. The zero-order chi connectivity index (χ0) is 19.4. The van der Waals surface area contributed by atoms with Crippen LogP contribution in [-0.4, -0.2) is 46.9 Å². The third-order valence-corrected chi connectivity index (χ3v) is 4.48. The van der Waals surface area contributed by atoms with E-state index in [0.717, 1.165) is 0 Å². The highest BCUT2D eigenvalue weighted by Crippen LogP contribution is 2.31. The molecule has 0 bridgehead atoms. The van der Waals surface area contributed by atoms with Gasteiger partial charge in [-0.25, -0.2) is 14.8 Å². The van der Waals surface area contributed by atoms with Crippen LogP contribution < -0.4 is 21.1 Å². The van der Waals surface area contributed by atoms with Gasteiger partial charge in [0.15, 0.2) is 5.82 Å². The Labute approximate surface area is 161 Å². The maximum absolute atomic E-state index is 12.2. The topological polar surface area (TPSA) is 125 Å². The number of piperidine rings is 1. The molecular formula is C17H21ClN6O3. The fourth-order valence-corrected chi connectivity index (χ4v) is 2.93. The first-order valence-electron chi connectivity index (χ1n) is 8.48. The molecule has 1 saturated heterocycles. The van der Waals surface area contributed by atoms with Crippen LogP contribution in [0.15, 0.2) is 30.6 Å². The Bertz CT molecular complexity index is 805. The number of quaternary nitrogens is 1. The average Bonchev–Trinajstić information content (AvgIpc) is 2.61. The number of nitrogens with zero attached hydrogens (tertiary/aromatic N) is 3. The number of carbonyl (C=O) groups is 1. The molecule has 0 spiro atoms. The van der Waals surface area contributed by atoms with E-state index in [0.29, 0.717) is 42.4 Å². The number of benzene rings is 1. The Morgan fingerprint density at radius 3 is 2.70 bits per heavy atom. The van der Waals surface area contributed by atoms with Crippen molar-refractivity contribution < 1.29 is 14.2 Å². The molecule has 1 aromatic carbocycles. The number of halogens is 1. The van der Waals surface area contributed by atoms with Crippen LogP contribution >= 0.6 is 11.6 Å². The van der Waals surface area contributed by atoms with Gasteiger partial charge >= 0.3 is 6.03 Å². The van der Waals surface area contributed by atoms with Crippen molar-refractivity contribution in [3.05, 3.63) is 40.8 Å². The van der Waals surface area contributed by atoms with Gasteiger partial charge in [-0.15, -0.1) is 0 Å². The average molecular weight is 393 g/mol. The minimum atomic E-state index is -0.520. The molecule has 4 N–H and O–H groups in total. The van der Waals surface area contributed by atoms with Crippen molar-refractivity contribution >= 4 is 35.0 Å². The molecule has 1 aliphatic heterocycles. The summed E-state index contributed by atoms with van der Waals surface area (Å²) in [6.45, 7) is 0.995. The first-order valence-corrected chi connectivity index (χ1v) is 8.86. The van der Waals surface area contributed by atoms with E-state index in [2.05, 4.69) is 20.6 Å². The van der Waals surface area contributed by atoms with Crippen molar-refractivity contribution in [1.82, 2.24) is 9.97 Å². The Hall–Kier alpha value is -2.62. The molecule has 1 aliphatic rings. The van der Waals surface area contributed by atoms with E-state index in [-0.39, 0.29) is 22.4 Å². The number of ether oxygens (including phenoxy) is 1. The minimum Gasteiger partial charge on any atom is -0.633 e. The van der Waals surface area contributed by atoms with Crippen molar-refractivity contribution in [3.63, 3.8) is 0 Å². The predicted molar refractivity (Wildman–Crippen MR) is 103 cm³/mol. The van der Waals surface area contributed by atoms with Crippen molar-refractivity contribution in [2.75, 3.05) is 36.5 Å². The molecule has 10 heteroatoms. The van der Waals surface area contributed by atoms with Crippen LogP contribution in [-0.2, 0) is 0 Å². The maximum Gasteiger partial charge on any atom is 0.325 e. The molecular weight excluding hydrogens is 372 g/mol. The van der Waals surface area contributed by atoms with E-state index in [1.54, 1.807) is 25.2 Å². The molecule has 0 unspecified atom stereocenters. The highest BCUT2D eigenvalue weighted by molar-refractivity contribution is 6.31. The van der Waals surface area contributed by atoms with Gasteiger partial charge in [-0.05, 0) is 18.2 Å². The number of hydrogen-bond donors (Lipinski definition) is 3. The van der Waals surface area contributed by atoms with E-state index in [4.69, 9.17) is 22.1 Å². The van der Waals surface area contributed by atoms with Gasteiger partial charge in [-0.1, -0.05) is 11.6 Å². The molecule has 0 radical (unpaired) electrons. The third kappa shape index (κ3) is 5.43. The SMILES string of the molecule is C[N+]1([O-])CCC(Oc2ccc(Cl)cc2NC(=O)Nc2cnc(N)cn2)CC1. The van der Waals surface area contributed by atoms with Crippen molar-refractivity contribution in [2.45, 2.75) is 18.9 Å². The monoisotopic (exact) mass is 392 g/mol. The van der Waals surface area contributed by atoms with Gasteiger partial charge in [0.05, 0.1) is 38.2 Å². The first kappa shape index (κ1) is 19.2. The van der Waals surface area contributed by atoms with Gasteiger partial charge in [0.1, 0.15) is 17.7 Å². The number of nitrogen functional groups attached to an aromatic ring is 1. The summed E-state index contributed by atoms with van der Waals surface area (Å²) in [7, 11) is 1.66. The van der Waals surface area contributed by atoms with Crippen LogP contribution in [0.25, 0.3) is 0 Å². The van der Waals surface area contributed by atoms with Gasteiger partial charge in [0.2, 0.25) is 0 Å². The molecule has 0 atom stereocenters. The van der Waals surface area contributed by atoms with Crippen LogP contribution in [0.2, 0.25) is 5.02 Å². The second-order valence-electron chi connectivity index (χ2n) is 6.61. The molecule has 0 saturated carbocycles. The lowest BCUT2D eigenvalue weighted by atomic mass is 10.1. The van der Waals surface area contributed by atoms with E-state index >= 15 is 0 Å². The molecule has 1 fully saturated rings. The lowest BCUT2D eigenvalue weighted by Crippen LogP contribution is -2.47. The molecule has 2 aromatic rings. The Morgan fingerprint density at radius 1 is 1.30 bits per heavy atom. The number of nitrogens with one attached hydrogen (secondary N) is 2. The number of aromatic nitrogens is 2. The number of rotatable bonds is 4. The lowest BCUT2D eigenvalue weighted by molar-refractivity contribution is -0.866.